The van der Waals surface area contributed by atoms with Crippen LogP contribution in [0.3, 0.4) is 0 Å². The molecule has 2 aromatic carbocycles. The Morgan fingerprint density at radius 1 is 1.05 bits per heavy atom. The minimum absolute atomic E-state index is 0.0274. The highest BCUT2D eigenvalue weighted by atomic mass is 19.3. The molecule has 4 aromatic rings. The molecular formula is C31H33F2N7O4. The van der Waals surface area contributed by atoms with Crippen LogP contribution in [0.1, 0.15) is 63.1 Å². The van der Waals surface area contributed by atoms with Gasteiger partial charge < -0.3 is 24.8 Å². The number of hydrogen-bond donors (Lipinski definition) is 2. The Balaban J connectivity index is 1.26. The number of ether oxygens (including phenoxy) is 1. The Morgan fingerprint density at radius 3 is 2.68 bits per heavy atom. The van der Waals surface area contributed by atoms with Crippen LogP contribution in [-0.4, -0.2) is 86.1 Å². The molecule has 11 nitrogen and oxygen atoms in total. The largest absolute Gasteiger partial charge is 0.494 e. The summed E-state index contributed by atoms with van der Waals surface area (Å²) in [5, 5.41) is 6.81. The van der Waals surface area contributed by atoms with E-state index in [1.54, 1.807) is 23.1 Å². The van der Waals surface area contributed by atoms with Crippen molar-refractivity contribution in [3.63, 3.8) is 0 Å². The number of hydrogen-bond acceptors (Lipinski definition) is 6. The summed E-state index contributed by atoms with van der Waals surface area (Å²) in [7, 11) is 1.42. The normalized spacial score (nSPS) is 19.4. The van der Waals surface area contributed by atoms with Crippen molar-refractivity contribution in [2.24, 2.45) is 7.05 Å². The highest BCUT2D eigenvalue weighted by Crippen LogP contribution is 2.31. The minimum atomic E-state index is -2.82. The maximum absolute atomic E-state index is 13.7. The zero-order valence-corrected chi connectivity index (χ0v) is 24.4. The van der Waals surface area contributed by atoms with E-state index in [2.05, 4.69) is 20.4 Å². The Bertz CT molecular complexity index is 1720. The molecule has 44 heavy (non-hydrogen) atoms. The molecular weight excluding hydrogens is 572 g/mol. The number of imidazole rings is 1. The van der Waals surface area contributed by atoms with Crippen LogP contribution in [0.25, 0.3) is 11.0 Å². The maximum Gasteiger partial charge on any atom is 0.282 e. The summed E-state index contributed by atoms with van der Waals surface area (Å²) >= 11 is 0. The number of amides is 3. The fourth-order valence-electron chi connectivity index (χ4n) is 5.97. The molecule has 2 atom stereocenters. The van der Waals surface area contributed by atoms with Crippen LogP contribution < -0.4 is 10.1 Å². The van der Waals surface area contributed by atoms with Crippen LogP contribution in [0.15, 0.2) is 48.5 Å². The highest BCUT2D eigenvalue weighted by Gasteiger charge is 2.38. The van der Waals surface area contributed by atoms with Gasteiger partial charge in [-0.25, -0.2) is 13.8 Å². The Labute approximate surface area is 252 Å². The molecule has 2 bridgehead atoms. The molecule has 230 valence electrons. The molecule has 2 aromatic heterocycles. The van der Waals surface area contributed by atoms with Crippen molar-refractivity contribution in [3.05, 3.63) is 76.9 Å². The number of aromatic nitrogens is 4. The number of aromatic amines is 1. The van der Waals surface area contributed by atoms with Crippen molar-refractivity contribution >= 4 is 28.8 Å². The molecule has 4 heterocycles. The van der Waals surface area contributed by atoms with E-state index in [1.165, 1.54) is 11.9 Å². The van der Waals surface area contributed by atoms with E-state index in [0.29, 0.717) is 37.3 Å². The summed E-state index contributed by atoms with van der Waals surface area (Å²) in [5.74, 6) is 0.0560. The standard InChI is InChI=1S/C31H33F2N7O4/c1-18-34-23-9-8-20(13-24(23)35-18)30(42)40-15-22-19-6-5-7-21(12-19)44-11-4-3-10-39(17-28(41)36-26(22)16-40)31(43)27-14-25(29(32)33)37-38(27)2/h5-9,12-14,22,26,29H,3-4,10-11,15-17H2,1-2H3,(H,34,35)(H,36,41)/t22-,26+/m1/s1. The third kappa shape index (κ3) is 5.99. The first-order valence-corrected chi connectivity index (χ1v) is 14.6. The van der Waals surface area contributed by atoms with Gasteiger partial charge in [-0.2, -0.15) is 5.10 Å². The van der Waals surface area contributed by atoms with Gasteiger partial charge in [0.05, 0.1) is 30.2 Å². The van der Waals surface area contributed by atoms with Crippen molar-refractivity contribution in [2.45, 2.75) is 38.2 Å². The van der Waals surface area contributed by atoms with E-state index in [0.717, 1.165) is 33.2 Å². The number of carbonyl (C=O) groups excluding carboxylic acids is 3. The number of H-pyrrole nitrogens is 1. The molecule has 3 amide bonds. The maximum atomic E-state index is 13.7. The van der Waals surface area contributed by atoms with Crippen LogP contribution in [-0.2, 0) is 11.8 Å². The van der Waals surface area contributed by atoms with Gasteiger partial charge in [0.15, 0.2) is 0 Å². The lowest BCUT2D eigenvalue weighted by molar-refractivity contribution is -0.122. The van der Waals surface area contributed by atoms with Crippen molar-refractivity contribution in [2.75, 3.05) is 32.8 Å². The van der Waals surface area contributed by atoms with E-state index >= 15 is 0 Å². The molecule has 2 N–H and O–H groups in total. The van der Waals surface area contributed by atoms with E-state index in [-0.39, 0.29) is 37.2 Å². The Morgan fingerprint density at radius 2 is 1.89 bits per heavy atom. The van der Waals surface area contributed by atoms with Crippen molar-refractivity contribution in [1.29, 1.82) is 0 Å². The van der Waals surface area contributed by atoms with Gasteiger partial charge in [0.1, 0.15) is 23.0 Å². The van der Waals surface area contributed by atoms with Crippen molar-refractivity contribution in [3.8, 4) is 5.75 Å². The zero-order valence-electron chi connectivity index (χ0n) is 24.4. The van der Waals surface area contributed by atoms with Gasteiger partial charge in [-0.1, -0.05) is 12.1 Å². The molecule has 0 saturated carbocycles. The topological polar surface area (TPSA) is 125 Å². The fourth-order valence-corrected chi connectivity index (χ4v) is 5.97. The Hall–Kier alpha value is -4.81. The average Bonchev–Trinajstić information content (AvgIpc) is 3.70. The second kappa shape index (κ2) is 12.1. The van der Waals surface area contributed by atoms with E-state index in [1.807, 2.05) is 31.2 Å². The SMILES string of the molecule is Cc1nc2ccc(C(=O)N3C[C@@H]4NC(=O)CN(C(=O)c5cc(C(F)F)nn5C)CCCCOc5cccc(c5)[C@H]4C3)cc2[nH]1. The summed E-state index contributed by atoms with van der Waals surface area (Å²) in [6, 6.07) is 13.6. The number of benzene rings is 2. The van der Waals surface area contributed by atoms with Gasteiger partial charge >= 0.3 is 0 Å². The van der Waals surface area contributed by atoms with Gasteiger partial charge in [-0.15, -0.1) is 0 Å². The lowest BCUT2D eigenvalue weighted by atomic mass is 9.94. The second-order valence-corrected chi connectivity index (χ2v) is 11.3. The molecule has 2 aliphatic heterocycles. The number of halogens is 2. The molecule has 1 saturated heterocycles. The van der Waals surface area contributed by atoms with Crippen LogP contribution in [0.2, 0.25) is 0 Å². The van der Waals surface area contributed by atoms with E-state index < -0.39 is 30.0 Å². The van der Waals surface area contributed by atoms with E-state index in [4.69, 9.17) is 4.74 Å². The number of carbonyl (C=O) groups is 3. The number of nitrogens with one attached hydrogen (secondary N) is 2. The second-order valence-electron chi connectivity index (χ2n) is 11.3. The van der Waals surface area contributed by atoms with Crippen LogP contribution in [0, 0.1) is 6.92 Å². The van der Waals surface area contributed by atoms with Crippen molar-refractivity contribution in [1.82, 2.24) is 34.9 Å². The summed E-state index contributed by atoms with van der Waals surface area (Å²) in [4.78, 5) is 51.2. The first-order valence-electron chi connectivity index (χ1n) is 14.6. The number of rotatable bonds is 3. The van der Waals surface area contributed by atoms with Gasteiger partial charge in [-0.05, 0) is 61.7 Å². The molecule has 0 aliphatic carbocycles. The monoisotopic (exact) mass is 605 g/mol. The lowest BCUT2D eigenvalue weighted by Gasteiger charge is -2.25. The summed E-state index contributed by atoms with van der Waals surface area (Å²) in [5.41, 5.74) is 2.43. The Kier molecular flexibility index (Phi) is 8.02. The molecule has 13 heteroatoms. The number of alkyl halides is 2. The molecule has 0 spiro atoms. The molecule has 1 fully saturated rings. The molecule has 2 aliphatic rings. The first-order chi connectivity index (χ1) is 21.2. The summed E-state index contributed by atoms with van der Waals surface area (Å²) in [6.07, 6.45) is -1.68. The molecule has 0 radical (unpaired) electrons. The van der Waals surface area contributed by atoms with Gasteiger partial charge in [0.2, 0.25) is 5.91 Å². The first kappa shape index (κ1) is 29.3. The number of nitrogens with zero attached hydrogens (tertiary/aromatic N) is 5. The molecule has 0 unspecified atom stereocenters. The summed E-state index contributed by atoms with van der Waals surface area (Å²) in [6.45, 7) is 2.81. The average molecular weight is 606 g/mol. The number of aryl methyl sites for hydroxylation is 2. The van der Waals surface area contributed by atoms with E-state index in [9.17, 15) is 23.2 Å². The third-order valence-corrected chi connectivity index (χ3v) is 8.14. The van der Waals surface area contributed by atoms with Crippen molar-refractivity contribution < 1.29 is 27.9 Å². The quantitative estimate of drug-likeness (QED) is 0.368. The van der Waals surface area contributed by atoms with Gasteiger partial charge in [0.25, 0.3) is 18.2 Å². The smallest absolute Gasteiger partial charge is 0.282 e. The summed E-state index contributed by atoms with van der Waals surface area (Å²) < 4.78 is 33.6. The minimum Gasteiger partial charge on any atom is -0.494 e. The lowest BCUT2D eigenvalue weighted by Crippen LogP contribution is -2.47. The predicted molar refractivity (Wildman–Crippen MR) is 157 cm³/mol. The van der Waals surface area contributed by atoms with Gasteiger partial charge in [0, 0.05) is 38.2 Å². The van der Waals surface area contributed by atoms with Crippen LogP contribution >= 0.6 is 0 Å². The predicted octanol–water partition coefficient (Wildman–Crippen LogP) is 3.58. The molecule has 6 rings (SSSR count). The zero-order chi connectivity index (χ0) is 31.0. The van der Waals surface area contributed by atoms with Crippen LogP contribution in [0.5, 0.6) is 5.75 Å². The number of fused-ring (bicyclic) bond motifs is 5. The van der Waals surface area contributed by atoms with Crippen LogP contribution in [0.4, 0.5) is 8.78 Å². The highest BCUT2D eigenvalue weighted by molar-refractivity contribution is 5.98. The van der Waals surface area contributed by atoms with Gasteiger partial charge in [-0.3, -0.25) is 19.1 Å². The fraction of sp³-hybridized carbons (Fsp3) is 0.387. The number of likely N-dealkylation sites (tertiary alicyclic amines) is 1. The third-order valence-electron chi connectivity index (χ3n) is 8.14.